The largest absolute Gasteiger partial charge is 0.473 e. The van der Waals surface area contributed by atoms with E-state index in [-0.39, 0.29) is 0 Å². The minimum atomic E-state index is -1.82. The maximum absolute atomic E-state index is 9.10. The number of carbonyl (C=O) groups is 2. The van der Waals surface area contributed by atoms with Gasteiger partial charge in [0.15, 0.2) is 0 Å². The molecular weight excluding hydrogens is 268 g/mol. The fraction of sp³-hybridized carbons (Fsp3) is 0.583. The molecule has 1 aromatic heterocycles. The summed E-state index contributed by atoms with van der Waals surface area (Å²) in [6.07, 6.45) is 0. The van der Waals surface area contributed by atoms with Crippen LogP contribution >= 0.6 is 0 Å². The Hall–Kier alpha value is -1.93. The molecule has 0 aromatic carbocycles. The molecule has 0 saturated carbocycles. The van der Waals surface area contributed by atoms with Crippen molar-refractivity contribution in [3.8, 4) is 0 Å². The van der Waals surface area contributed by atoms with Gasteiger partial charge in [-0.25, -0.2) is 9.59 Å². The summed E-state index contributed by atoms with van der Waals surface area (Å²) in [5.74, 6) is -2.71. The van der Waals surface area contributed by atoms with E-state index in [0.717, 1.165) is 44.3 Å². The zero-order valence-electron chi connectivity index (χ0n) is 11.5. The number of aryl methyl sites for hydroxylation is 2. The normalized spacial score (nSPS) is 15.3. The quantitative estimate of drug-likeness (QED) is 0.745. The Labute approximate surface area is 115 Å². The molecule has 0 unspecified atom stereocenters. The highest BCUT2D eigenvalue weighted by Crippen LogP contribution is 2.15. The van der Waals surface area contributed by atoms with E-state index in [1.807, 2.05) is 13.8 Å². The van der Waals surface area contributed by atoms with Crippen molar-refractivity contribution in [2.45, 2.75) is 20.4 Å². The van der Waals surface area contributed by atoms with Gasteiger partial charge in [-0.15, -0.1) is 0 Å². The summed E-state index contributed by atoms with van der Waals surface area (Å²) >= 11 is 0. The lowest BCUT2D eigenvalue weighted by Gasteiger charge is -2.26. The van der Waals surface area contributed by atoms with Gasteiger partial charge in [0.25, 0.3) is 0 Å². The molecule has 0 aliphatic carbocycles. The molecule has 2 heterocycles. The number of rotatable bonds is 2. The van der Waals surface area contributed by atoms with Crippen LogP contribution in [0.3, 0.4) is 0 Å². The Morgan fingerprint density at radius 3 is 2.15 bits per heavy atom. The second-order valence-corrected chi connectivity index (χ2v) is 4.30. The minimum absolute atomic E-state index is 0.837. The molecule has 0 atom stereocenters. The van der Waals surface area contributed by atoms with E-state index in [4.69, 9.17) is 29.1 Å². The summed E-state index contributed by atoms with van der Waals surface area (Å²) in [5, 5.41) is 18.7. The molecule has 0 bridgehead atoms. The second kappa shape index (κ2) is 7.61. The van der Waals surface area contributed by atoms with Gasteiger partial charge in [0.2, 0.25) is 0 Å². The number of hydrogen-bond acceptors (Lipinski definition) is 6. The van der Waals surface area contributed by atoms with Gasteiger partial charge in [0, 0.05) is 25.2 Å². The number of ether oxygens (including phenoxy) is 1. The van der Waals surface area contributed by atoms with Gasteiger partial charge in [0.05, 0.1) is 18.9 Å². The van der Waals surface area contributed by atoms with Crippen molar-refractivity contribution in [3.05, 3.63) is 17.0 Å². The standard InChI is InChI=1S/C10H16N2O2.C2H2O4/c1-8-10(9(2)14-11-8)7-12-3-5-13-6-4-12;3-1(4)2(5)6/h3-7H2,1-2H3;(H,3,4)(H,5,6). The molecule has 0 amide bonds. The average Bonchev–Trinajstić information content (AvgIpc) is 2.72. The van der Waals surface area contributed by atoms with Crippen LogP contribution in [0.25, 0.3) is 0 Å². The SMILES string of the molecule is Cc1noc(C)c1CN1CCOCC1.O=C(O)C(=O)O. The number of morpholine rings is 1. The van der Waals surface area contributed by atoms with Crippen LogP contribution < -0.4 is 0 Å². The maximum Gasteiger partial charge on any atom is 0.414 e. The fourth-order valence-electron chi connectivity index (χ4n) is 1.71. The van der Waals surface area contributed by atoms with E-state index in [1.165, 1.54) is 5.56 Å². The zero-order valence-corrected chi connectivity index (χ0v) is 11.5. The number of nitrogens with zero attached hydrogens (tertiary/aromatic N) is 2. The molecule has 2 rings (SSSR count). The molecule has 1 fully saturated rings. The second-order valence-electron chi connectivity index (χ2n) is 4.30. The van der Waals surface area contributed by atoms with E-state index in [2.05, 4.69) is 10.1 Å². The molecule has 112 valence electrons. The van der Waals surface area contributed by atoms with Crippen molar-refractivity contribution in [3.63, 3.8) is 0 Å². The summed E-state index contributed by atoms with van der Waals surface area (Å²) in [6.45, 7) is 8.58. The van der Waals surface area contributed by atoms with Crippen LogP contribution in [0.1, 0.15) is 17.0 Å². The summed E-state index contributed by atoms with van der Waals surface area (Å²) in [7, 11) is 0. The Bertz CT molecular complexity index is 433. The first kappa shape index (κ1) is 16.1. The molecule has 8 nitrogen and oxygen atoms in total. The van der Waals surface area contributed by atoms with Crippen LogP contribution in [0.5, 0.6) is 0 Å². The summed E-state index contributed by atoms with van der Waals surface area (Å²) in [4.78, 5) is 20.6. The third kappa shape index (κ3) is 4.98. The van der Waals surface area contributed by atoms with Crippen LogP contribution in [0.15, 0.2) is 4.52 Å². The molecule has 1 aliphatic rings. The number of carboxylic acids is 2. The number of aliphatic carboxylic acids is 2. The average molecular weight is 286 g/mol. The van der Waals surface area contributed by atoms with Gasteiger partial charge in [0.1, 0.15) is 5.76 Å². The lowest BCUT2D eigenvalue weighted by Crippen LogP contribution is -2.35. The first-order valence-corrected chi connectivity index (χ1v) is 6.10. The smallest absolute Gasteiger partial charge is 0.414 e. The van der Waals surface area contributed by atoms with Crippen LogP contribution in [0.2, 0.25) is 0 Å². The zero-order chi connectivity index (χ0) is 15.1. The van der Waals surface area contributed by atoms with Crippen molar-refractivity contribution in [1.82, 2.24) is 10.1 Å². The Kier molecular flexibility index (Phi) is 6.13. The van der Waals surface area contributed by atoms with Crippen molar-refractivity contribution in [1.29, 1.82) is 0 Å². The monoisotopic (exact) mass is 286 g/mol. The van der Waals surface area contributed by atoms with Crippen LogP contribution in [0, 0.1) is 13.8 Å². The van der Waals surface area contributed by atoms with Gasteiger partial charge >= 0.3 is 11.9 Å². The highest BCUT2D eigenvalue weighted by molar-refractivity contribution is 6.27. The van der Waals surface area contributed by atoms with Crippen molar-refractivity contribution in [2.75, 3.05) is 26.3 Å². The van der Waals surface area contributed by atoms with Crippen molar-refractivity contribution >= 4 is 11.9 Å². The lowest BCUT2D eigenvalue weighted by atomic mass is 10.2. The number of hydrogen-bond donors (Lipinski definition) is 2. The van der Waals surface area contributed by atoms with Gasteiger partial charge in [-0.1, -0.05) is 5.16 Å². The first-order chi connectivity index (χ1) is 9.41. The van der Waals surface area contributed by atoms with Gasteiger partial charge in [-0.3, -0.25) is 4.90 Å². The predicted octanol–water partition coefficient (Wildman–Crippen LogP) is 0.279. The number of aromatic nitrogens is 1. The molecule has 2 N–H and O–H groups in total. The first-order valence-electron chi connectivity index (χ1n) is 6.10. The minimum Gasteiger partial charge on any atom is -0.473 e. The van der Waals surface area contributed by atoms with Crippen molar-refractivity contribution < 1.29 is 29.1 Å². The van der Waals surface area contributed by atoms with E-state index < -0.39 is 11.9 Å². The maximum atomic E-state index is 9.10. The van der Waals surface area contributed by atoms with Crippen molar-refractivity contribution in [2.24, 2.45) is 0 Å². The van der Waals surface area contributed by atoms with Gasteiger partial charge < -0.3 is 19.5 Å². The highest BCUT2D eigenvalue weighted by Gasteiger charge is 2.15. The fourth-order valence-corrected chi connectivity index (χ4v) is 1.71. The molecule has 1 aliphatic heterocycles. The van der Waals surface area contributed by atoms with E-state index in [9.17, 15) is 0 Å². The molecule has 0 radical (unpaired) electrons. The third-order valence-electron chi connectivity index (χ3n) is 2.85. The third-order valence-corrected chi connectivity index (χ3v) is 2.85. The van der Waals surface area contributed by atoms with E-state index in [1.54, 1.807) is 0 Å². The summed E-state index contributed by atoms with van der Waals surface area (Å²) in [6, 6.07) is 0. The van der Waals surface area contributed by atoms with Gasteiger partial charge in [-0.05, 0) is 13.8 Å². The molecular formula is C12H18N2O6. The Balaban J connectivity index is 0.000000286. The molecule has 1 aromatic rings. The molecule has 20 heavy (non-hydrogen) atoms. The summed E-state index contributed by atoms with van der Waals surface area (Å²) < 4.78 is 10.4. The molecule has 0 spiro atoms. The topological polar surface area (TPSA) is 113 Å². The Morgan fingerprint density at radius 2 is 1.75 bits per heavy atom. The van der Waals surface area contributed by atoms with Crippen LogP contribution in [0.4, 0.5) is 0 Å². The van der Waals surface area contributed by atoms with Crippen LogP contribution in [-0.2, 0) is 20.9 Å². The van der Waals surface area contributed by atoms with E-state index in [0.29, 0.717) is 0 Å². The highest BCUT2D eigenvalue weighted by atomic mass is 16.5. The Morgan fingerprint density at radius 1 is 1.20 bits per heavy atom. The van der Waals surface area contributed by atoms with Gasteiger partial charge in [-0.2, -0.15) is 0 Å². The summed E-state index contributed by atoms with van der Waals surface area (Å²) in [5.41, 5.74) is 2.24. The predicted molar refractivity (Wildman–Crippen MR) is 67.3 cm³/mol. The lowest BCUT2D eigenvalue weighted by molar-refractivity contribution is -0.159. The number of carboxylic acid groups (broad SMARTS) is 2. The van der Waals surface area contributed by atoms with E-state index >= 15 is 0 Å². The van der Waals surface area contributed by atoms with Crippen LogP contribution in [-0.4, -0.2) is 58.5 Å². The molecule has 1 saturated heterocycles. The molecule has 8 heteroatoms.